The van der Waals surface area contributed by atoms with E-state index in [-0.39, 0.29) is 0 Å². The lowest BCUT2D eigenvalue weighted by molar-refractivity contribution is 0.123. The van der Waals surface area contributed by atoms with Crippen LogP contribution in [-0.4, -0.2) is 48.0 Å². The maximum absolute atomic E-state index is 11.9. The Hall–Kier alpha value is -1.92. The molecule has 0 saturated carbocycles. The smallest absolute Gasteiger partial charge is 0.162 e. The van der Waals surface area contributed by atoms with E-state index in [0.717, 1.165) is 43.2 Å². The van der Waals surface area contributed by atoms with Gasteiger partial charge in [0, 0.05) is 46.6 Å². The van der Waals surface area contributed by atoms with Crippen molar-refractivity contribution in [3.05, 3.63) is 42.5 Å². The molecule has 1 fully saturated rings. The Kier molecular flexibility index (Phi) is 4.63. The lowest BCUT2D eigenvalue weighted by Gasteiger charge is -2.30. The van der Waals surface area contributed by atoms with Gasteiger partial charge in [0.1, 0.15) is 0 Å². The molecule has 0 atom stereocenters. The van der Waals surface area contributed by atoms with Gasteiger partial charge in [0.05, 0.1) is 18.9 Å². The van der Waals surface area contributed by atoms with Crippen molar-refractivity contribution < 1.29 is 8.95 Å². The number of rotatable bonds is 3. The quantitative estimate of drug-likeness (QED) is 0.868. The fraction of sp³-hybridized carbons (Fsp3) is 0.353. The number of hydrogen-bond acceptors (Lipinski definition) is 5. The molecule has 6 heteroatoms. The molecule has 2 heterocycles. The monoisotopic (exact) mass is 331 g/mol. The van der Waals surface area contributed by atoms with E-state index < -0.39 is 9.73 Å². The number of hydrogen-bond donors (Lipinski definition) is 0. The molecule has 2 aromatic rings. The normalized spacial score (nSPS) is 15.5. The maximum Gasteiger partial charge on any atom is 0.162 e. The summed E-state index contributed by atoms with van der Waals surface area (Å²) < 4.78 is 21.5. The number of pyridine rings is 1. The van der Waals surface area contributed by atoms with E-state index in [2.05, 4.69) is 26.4 Å². The van der Waals surface area contributed by atoms with E-state index in [1.165, 1.54) is 0 Å². The molecule has 23 heavy (non-hydrogen) atoms. The molecule has 0 aliphatic carbocycles. The van der Waals surface area contributed by atoms with E-state index in [4.69, 9.17) is 4.74 Å². The molecule has 0 bridgehead atoms. The molecule has 1 aliphatic rings. The summed E-state index contributed by atoms with van der Waals surface area (Å²) in [6.07, 6.45) is 3.23. The van der Waals surface area contributed by atoms with Crippen LogP contribution in [0.2, 0.25) is 0 Å². The Morgan fingerprint density at radius 3 is 2.57 bits per heavy atom. The van der Waals surface area contributed by atoms with E-state index in [1.807, 2.05) is 24.3 Å². The number of benzene rings is 1. The van der Waals surface area contributed by atoms with Crippen LogP contribution in [0.3, 0.4) is 0 Å². The Morgan fingerprint density at radius 2 is 1.83 bits per heavy atom. The zero-order chi connectivity index (χ0) is 16.3. The predicted molar refractivity (Wildman–Crippen MR) is 94.8 cm³/mol. The molecule has 5 nitrogen and oxygen atoms in total. The van der Waals surface area contributed by atoms with Crippen molar-refractivity contribution in [3.63, 3.8) is 0 Å². The average Bonchev–Trinajstić information content (AvgIpc) is 2.54. The van der Waals surface area contributed by atoms with E-state index in [9.17, 15) is 4.21 Å². The molecule has 1 saturated heterocycles. The Morgan fingerprint density at radius 1 is 1.09 bits per heavy atom. The first kappa shape index (κ1) is 16.0. The molecule has 1 aliphatic heterocycles. The summed E-state index contributed by atoms with van der Waals surface area (Å²) in [5.41, 5.74) is 3.05. The summed E-state index contributed by atoms with van der Waals surface area (Å²) in [5, 5.41) is 0. The Balaban J connectivity index is 2.02. The summed E-state index contributed by atoms with van der Waals surface area (Å²) >= 11 is 0. The molecular weight excluding hydrogens is 310 g/mol. The third-order valence-electron chi connectivity index (χ3n) is 3.58. The highest BCUT2D eigenvalue weighted by molar-refractivity contribution is 7.92. The van der Waals surface area contributed by atoms with Crippen molar-refractivity contribution in [2.24, 2.45) is 4.36 Å². The molecular formula is C17H21N3O2S. The van der Waals surface area contributed by atoms with Crippen molar-refractivity contribution >= 4 is 21.2 Å². The zero-order valence-electron chi connectivity index (χ0n) is 13.4. The van der Waals surface area contributed by atoms with Gasteiger partial charge in [0.2, 0.25) is 0 Å². The summed E-state index contributed by atoms with van der Waals surface area (Å²) in [4.78, 5) is 6.89. The average molecular weight is 331 g/mol. The van der Waals surface area contributed by atoms with Crippen molar-refractivity contribution in [2.75, 3.05) is 43.7 Å². The van der Waals surface area contributed by atoms with Gasteiger partial charge in [0.15, 0.2) is 5.82 Å². The van der Waals surface area contributed by atoms with Crippen LogP contribution in [0.25, 0.3) is 11.3 Å². The van der Waals surface area contributed by atoms with Crippen molar-refractivity contribution in [1.29, 1.82) is 0 Å². The second kappa shape index (κ2) is 6.68. The van der Waals surface area contributed by atoms with Gasteiger partial charge < -0.3 is 9.64 Å². The highest BCUT2D eigenvalue weighted by Gasteiger charge is 2.16. The van der Waals surface area contributed by atoms with Crippen LogP contribution in [-0.2, 0) is 14.5 Å². The third-order valence-corrected chi connectivity index (χ3v) is 4.21. The third kappa shape index (κ3) is 4.09. The van der Waals surface area contributed by atoms with Crippen molar-refractivity contribution in [3.8, 4) is 11.3 Å². The van der Waals surface area contributed by atoms with E-state index >= 15 is 0 Å². The van der Waals surface area contributed by atoms with Gasteiger partial charge in [-0.2, -0.15) is 4.36 Å². The molecule has 0 spiro atoms. The van der Waals surface area contributed by atoms with Crippen LogP contribution < -0.4 is 4.90 Å². The minimum absolute atomic E-state index is 0.509. The van der Waals surface area contributed by atoms with Crippen molar-refractivity contribution in [2.45, 2.75) is 0 Å². The van der Waals surface area contributed by atoms with Gasteiger partial charge >= 0.3 is 0 Å². The van der Waals surface area contributed by atoms with E-state index in [1.54, 1.807) is 18.6 Å². The summed E-state index contributed by atoms with van der Waals surface area (Å²) in [6.45, 7) is 3.23. The molecule has 1 aromatic heterocycles. The molecule has 0 unspecified atom stereocenters. The number of morpholine rings is 1. The summed E-state index contributed by atoms with van der Waals surface area (Å²) in [6, 6.07) is 13.9. The topological polar surface area (TPSA) is 54.8 Å². The number of para-hydroxylation sites is 1. The molecule has 0 N–H and O–H groups in total. The predicted octanol–water partition coefficient (Wildman–Crippen LogP) is 2.94. The summed E-state index contributed by atoms with van der Waals surface area (Å²) in [5.74, 6) is 0.509. The highest BCUT2D eigenvalue weighted by atomic mass is 32.2. The molecule has 0 amide bonds. The van der Waals surface area contributed by atoms with Crippen molar-refractivity contribution in [1.82, 2.24) is 4.98 Å². The Bertz CT molecular complexity index is 799. The Labute approximate surface area is 137 Å². The highest BCUT2D eigenvalue weighted by Crippen LogP contribution is 2.31. The first-order valence-electron chi connectivity index (χ1n) is 7.59. The molecule has 0 radical (unpaired) electrons. The van der Waals surface area contributed by atoms with Crippen LogP contribution >= 0.6 is 0 Å². The van der Waals surface area contributed by atoms with E-state index in [0.29, 0.717) is 5.82 Å². The minimum Gasteiger partial charge on any atom is -0.378 e. The number of aromatic nitrogens is 1. The number of ether oxygens (including phenoxy) is 1. The van der Waals surface area contributed by atoms with Crippen LogP contribution in [0.15, 0.2) is 46.8 Å². The molecule has 3 rings (SSSR count). The number of nitrogens with zero attached hydrogens (tertiary/aromatic N) is 3. The van der Waals surface area contributed by atoms with Gasteiger partial charge in [-0.1, -0.05) is 24.3 Å². The number of anilines is 1. The second-order valence-corrected chi connectivity index (χ2v) is 8.32. The van der Waals surface area contributed by atoms with Gasteiger partial charge in [-0.3, -0.25) is 0 Å². The van der Waals surface area contributed by atoms with Crippen LogP contribution in [0, 0.1) is 0 Å². The zero-order valence-corrected chi connectivity index (χ0v) is 14.3. The maximum atomic E-state index is 11.9. The largest absolute Gasteiger partial charge is 0.378 e. The lowest BCUT2D eigenvalue weighted by Crippen LogP contribution is -2.36. The van der Waals surface area contributed by atoms with Gasteiger partial charge in [-0.25, -0.2) is 9.19 Å². The van der Waals surface area contributed by atoms with Crippen LogP contribution in [0.5, 0.6) is 0 Å². The van der Waals surface area contributed by atoms with Gasteiger partial charge in [-0.05, 0) is 18.2 Å². The summed E-state index contributed by atoms with van der Waals surface area (Å²) in [7, 11) is -2.22. The van der Waals surface area contributed by atoms with Crippen LogP contribution in [0.4, 0.5) is 11.5 Å². The van der Waals surface area contributed by atoms with Gasteiger partial charge in [-0.15, -0.1) is 0 Å². The van der Waals surface area contributed by atoms with Crippen LogP contribution in [0.1, 0.15) is 0 Å². The lowest BCUT2D eigenvalue weighted by atomic mass is 10.1. The fourth-order valence-electron chi connectivity index (χ4n) is 2.62. The second-order valence-electron chi connectivity index (χ2n) is 5.77. The van der Waals surface area contributed by atoms with Gasteiger partial charge in [0.25, 0.3) is 0 Å². The fourth-order valence-corrected chi connectivity index (χ4v) is 3.17. The SMILES string of the molecule is CS(C)(=O)=Nc1cccc(-c2ccccc2N2CCOCC2)n1. The first-order valence-corrected chi connectivity index (χ1v) is 9.92. The molecule has 122 valence electrons. The molecule has 1 aromatic carbocycles. The first-order chi connectivity index (χ1) is 11.0. The standard InChI is InChI=1S/C17H21N3O2S/c1-23(2,21)19-17-9-5-7-15(18-17)14-6-3-4-8-16(14)20-10-12-22-13-11-20/h3-9H,10-13H2,1-2H3. The minimum atomic E-state index is -2.22.